The predicted octanol–water partition coefficient (Wildman–Crippen LogP) is 3.68. The Morgan fingerprint density at radius 2 is 1.88 bits per heavy atom. The summed E-state index contributed by atoms with van der Waals surface area (Å²) in [6.07, 6.45) is 5.24. The summed E-state index contributed by atoms with van der Waals surface area (Å²) < 4.78 is 0. The van der Waals surface area contributed by atoms with Gasteiger partial charge in [-0.1, -0.05) is 32.4 Å². The number of nitrogens with zero attached hydrogens (tertiary/aromatic N) is 1. The molecule has 1 aliphatic rings. The summed E-state index contributed by atoms with van der Waals surface area (Å²) in [6, 6.07) is 7.30. The lowest BCUT2D eigenvalue weighted by atomic mass is 9.64. The van der Waals surface area contributed by atoms with E-state index in [0.717, 1.165) is 30.5 Å². The number of carbonyl (C=O) groups excluding carboxylic acids is 1. The summed E-state index contributed by atoms with van der Waals surface area (Å²) in [5.74, 6) is 1.18. The number of carbonyl (C=O) groups is 1. The van der Waals surface area contributed by atoms with Gasteiger partial charge in [0.15, 0.2) is 5.96 Å². The van der Waals surface area contributed by atoms with Gasteiger partial charge in [-0.2, -0.15) is 0 Å². The average molecular weight is 472 g/mol. The highest BCUT2D eigenvalue weighted by molar-refractivity contribution is 14.0. The fourth-order valence-electron chi connectivity index (χ4n) is 3.55. The van der Waals surface area contributed by atoms with Crippen LogP contribution in [0, 0.1) is 11.3 Å². The van der Waals surface area contributed by atoms with E-state index in [4.69, 9.17) is 5.73 Å². The molecule has 1 aromatic carbocycles. The van der Waals surface area contributed by atoms with Crippen LogP contribution in [0.3, 0.4) is 0 Å². The highest BCUT2D eigenvalue weighted by Gasteiger charge is 2.37. The van der Waals surface area contributed by atoms with Gasteiger partial charge in [0.2, 0.25) is 5.91 Å². The van der Waals surface area contributed by atoms with Crippen LogP contribution in [0.15, 0.2) is 29.3 Å². The molecule has 1 aliphatic carbocycles. The third-order valence-electron chi connectivity index (χ3n) is 4.89. The quantitative estimate of drug-likeness (QED) is 0.307. The molecule has 4 N–H and O–H groups in total. The van der Waals surface area contributed by atoms with E-state index in [1.54, 1.807) is 12.1 Å². The normalized spacial score (nSPS) is 15.8. The zero-order valence-electron chi connectivity index (χ0n) is 16.2. The molecule has 0 radical (unpaired) electrons. The third-order valence-corrected chi connectivity index (χ3v) is 4.89. The molecule has 0 heterocycles. The van der Waals surface area contributed by atoms with Crippen molar-refractivity contribution >= 4 is 35.8 Å². The van der Waals surface area contributed by atoms with E-state index in [2.05, 4.69) is 36.4 Å². The first-order valence-corrected chi connectivity index (χ1v) is 9.35. The fraction of sp³-hybridized carbons (Fsp3) is 0.600. The van der Waals surface area contributed by atoms with Crippen molar-refractivity contribution in [3.05, 3.63) is 35.4 Å². The number of halogens is 1. The van der Waals surface area contributed by atoms with E-state index in [-0.39, 0.29) is 24.0 Å². The van der Waals surface area contributed by atoms with Crippen LogP contribution < -0.4 is 16.4 Å². The van der Waals surface area contributed by atoms with E-state index in [0.29, 0.717) is 17.5 Å². The second-order valence-corrected chi connectivity index (χ2v) is 7.56. The molecule has 0 spiro atoms. The zero-order valence-corrected chi connectivity index (χ0v) is 18.5. The van der Waals surface area contributed by atoms with Crippen LogP contribution in [0.2, 0.25) is 0 Å². The van der Waals surface area contributed by atoms with Crippen molar-refractivity contribution in [2.24, 2.45) is 22.1 Å². The van der Waals surface area contributed by atoms with E-state index in [9.17, 15) is 4.79 Å². The molecule has 146 valence electrons. The van der Waals surface area contributed by atoms with E-state index in [1.807, 2.05) is 12.1 Å². The fourth-order valence-corrected chi connectivity index (χ4v) is 3.55. The van der Waals surface area contributed by atoms with Crippen molar-refractivity contribution in [1.29, 1.82) is 0 Å². The van der Waals surface area contributed by atoms with Crippen molar-refractivity contribution in [3.63, 3.8) is 0 Å². The zero-order chi connectivity index (χ0) is 18.3. The largest absolute Gasteiger partial charge is 0.366 e. The maximum atomic E-state index is 11.1. The van der Waals surface area contributed by atoms with Crippen LogP contribution in [-0.4, -0.2) is 25.0 Å². The van der Waals surface area contributed by atoms with E-state index < -0.39 is 5.91 Å². The maximum absolute atomic E-state index is 11.1. The first-order chi connectivity index (χ1) is 11.9. The molecule has 26 heavy (non-hydrogen) atoms. The third kappa shape index (κ3) is 6.78. The Morgan fingerprint density at radius 1 is 1.23 bits per heavy atom. The molecule has 6 heteroatoms. The van der Waals surface area contributed by atoms with Crippen LogP contribution in [0.5, 0.6) is 0 Å². The SMILES string of the molecule is CCNC(=NCc1ccc(C(N)=O)cc1)NCC1(CC(C)C)CCC1.I. The van der Waals surface area contributed by atoms with Crippen molar-refractivity contribution in [1.82, 2.24) is 10.6 Å². The number of guanidine groups is 1. The Kier molecular flexibility index (Phi) is 9.39. The molecular formula is C20H33IN4O. The molecule has 0 bridgehead atoms. The molecular weight excluding hydrogens is 439 g/mol. The van der Waals surface area contributed by atoms with Crippen molar-refractivity contribution < 1.29 is 4.79 Å². The van der Waals surface area contributed by atoms with Gasteiger partial charge in [-0.25, -0.2) is 4.99 Å². The van der Waals surface area contributed by atoms with E-state index >= 15 is 0 Å². The smallest absolute Gasteiger partial charge is 0.248 e. The van der Waals surface area contributed by atoms with Gasteiger partial charge in [-0.15, -0.1) is 24.0 Å². The van der Waals surface area contributed by atoms with Crippen LogP contribution in [0.4, 0.5) is 0 Å². The van der Waals surface area contributed by atoms with Gasteiger partial charge < -0.3 is 16.4 Å². The van der Waals surface area contributed by atoms with Gasteiger partial charge >= 0.3 is 0 Å². The monoisotopic (exact) mass is 472 g/mol. The Morgan fingerprint density at radius 3 is 2.35 bits per heavy atom. The van der Waals surface area contributed by atoms with Gasteiger partial charge in [0.05, 0.1) is 6.54 Å². The second-order valence-electron chi connectivity index (χ2n) is 7.56. The van der Waals surface area contributed by atoms with Gasteiger partial charge in [-0.05, 0) is 55.2 Å². The molecule has 1 aromatic rings. The van der Waals surface area contributed by atoms with Gasteiger partial charge in [0.1, 0.15) is 0 Å². The molecule has 1 saturated carbocycles. The second kappa shape index (κ2) is 10.7. The molecule has 1 fully saturated rings. The number of hydrogen-bond acceptors (Lipinski definition) is 2. The predicted molar refractivity (Wildman–Crippen MR) is 119 cm³/mol. The molecule has 0 saturated heterocycles. The summed E-state index contributed by atoms with van der Waals surface area (Å²) in [5.41, 5.74) is 7.29. The topological polar surface area (TPSA) is 79.5 Å². The van der Waals surface area contributed by atoms with Crippen LogP contribution in [0.1, 0.15) is 62.4 Å². The van der Waals surface area contributed by atoms with Crippen LogP contribution in [0.25, 0.3) is 0 Å². The van der Waals surface area contributed by atoms with Crippen molar-refractivity contribution in [2.75, 3.05) is 13.1 Å². The standard InChI is InChI=1S/C20H32N4O.HI/c1-4-22-19(24-14-20(10-5-11-20)12-15(2)3)23-13-16-6-8-17(9-7-16)18(21)25;/h6-9,15H,4-5,10-14H2,1-3H3,(H2,21,25)(H2,22,23,24);1H. The van der Waals surface area contributed by atoms with Crippen molar-refractivity contribution in [2.45, 2.75) is 53.0 Å². The number of benzene rings is 1. The summed E-state index contributed by atoms with van der Waals surface area (Å²) in [4.78, 5) is 15.8. The number of nitrogens with two attached hydrogens (primary N) is 1. The molecule has 0 atom stereocenters. The molecule has 1 amide bonds. The van der Waals surface area contributed by atoms with Crippen LogP contribution >= 0.6 is 24.0 Å². The summed E-state index contributed by atoms with van der Waals surface area (Å²) in [5, 5.41) is 6.85. The minimum Gasteiger partial charge on any atom is -0.366 e. The number of amides is 1. The summed E-state index contributed by atoms with van der Waals surface area (Å²) in [6.45, 7) is 9.07. The highest BCUT2D eigenvalue weighted by atomic mass is 127. The maximum Gasteiger partial charge on any atom is 0.248 e. The van der Waals surface area contributed by atoms with Crippen molar-refractivity contribution in [3.8, 4) is 0 Å². The Labute approximate surface area is 174 Å². The first-order valence-electron chi connectivity index (χ1n) is 9.35. The lowest BCUT2D eigenvalue weighted by Gasteiger charge is -2.43. The Balaban J connectivity index is 0.00000338. The molecule has 2 rings (SSSR count). The number of nitrogens with one attached hydrogen (secondary N) is 2. The summed E-state index contributed by atoms with van der Waals surface area (Å²) in [7, 11) is 0. The average Bonchev–Trinajstić information content (AvgIpc) is 2.54. The number of rotatable bonds is 8. The number of hydrogen-bond donors (Lipinski definition) is 3. The Bertz CT molecular complexity index is 594. The molecule has 0 aliphatic heterocycles. The highest BCUT2D eigenvalue weighted by Crippen LogP contribution is 2.45. The van der Waals surface area contributed by atoms with Gasteiger partial charge in [0.25, 0.3) is 0 Å². The van der Waals surface area contributed by atoms with Gasteiger partial charge in [0, 0.05) is 18.7 Å². The first kappa shape index (κ1) is 22.7. The minimum atomic E-state index is -0.402. The number of primary amides is 1. The molecule has 0 aromatic heterocycles. The molecule has 0 unspecified atom stereocenters. The minimum absolute atomic E-state index is 0. The van der Waals surface area contributed by atoms with E-state index in [1.165, 1.54) is 25.7 Å². The molecule has 5 nitrogen and oxygen atoms in total. The van der Waals surface area contributed by atoms with Crippen LogP contribution in [-0.2, 0) is 6.54 Å². The Hall–Kier alpha value is -1.31. The van der Waals surface area contributed by atoms with Gasteiger partial charge in [-0.3, -0.25) is 4.79 Å². The summed E-state index contributed by atoms with van der Waals surface area (Å²) >= 11 is 0. The lowest BCUT2D eigenvalue weighted by Crippen LogP contribution is -2.47. The lowest BCUT2D eigenvalue weighted by molar-refractivity contribution is 0.1000. The number of aliphatic imine (C=N–C) groups is 1.